The van der Waals surface area contributed by atoms with Gasteiger partial charge in [0.25, 0.3) is 11.8 Å². The molecule has 1 aromatic heterocycles. The number of anilines is 1. The van der Waals surface area contributed by atoms with Crippen LogP contribution in [0.2, 0.25) is 0 Å². The molecule has 2 aromatic rings. The van der Waals surface area contributed by atoms with Crippen LogP contribution in [0.1, 0.15) is 58.6 Å². The standard InChI is InChI=1S/C22H24FN5O4/c1-12-17(11-25-28-20-15-10-14(23)7-8-16(15)27-22(20)32)26-13(2)19(12)21(31)24-9-5-3-4-6-18(29)30/h7-8,10-11,26H,3-6,9H2,1-2H3,(H,24,31)(H,29,30)(H,27,28,32)/b25-11+. The maximum absolute atomic E-state index is 13.5. The average molecular weight is 441 g/mol. The van der Waals surface area contributed by atoms with Crippen molar-refractivity contribution in [3.8, 4) is 0 Å². The zero-order chi connectivity index (χ0) is 23.3. The van der Waals surface area contributed by atoms with Crippen LogP contribution in [0.4, 0.5) is 10.1 Å². The Kier molecular flexibility index (Phi) is 7.14. The molecule has 1 aliphatic heterocycles. The van der Waals surface area contributed by atoms with Gasteiger partial charge in [-0.1, -0.05) is 6.42 Å². The largest absolute Gasteiger partial charge is 0.481 e. The molecule has 0 saturated heterocycles. The van der Waals surface area contributed by atoms with E-state index in [1.54, 1.807) is 13.8 Å². The molecule has 32 heavy (non-hydrogen) atoms. The Morgan fingerprint density at radius 3 is 2.75 bits per heavy atom. The molecular formula is C22H24FN5O4. The number of carboxylic acid groups (broad SMARTS) is 1. The second-order valence-corrected chi connectivity index (χ2v) is 7.46. The molecule has 4 N–H and O–H groups in total. The summed E-state index contributed by atoms with van der Waals surface area (Å²) in [6, 6.07) is 3.93. The molecule has 0 spiro atoms. The molecule has 0 atom stereocenters. The lowest BCUT2D eigenvalue weighted by Crippen LogP contribution is -2.25. The third-order valence-electron chi connectivity index (χ3n) is 5.10. The number of unbranched alkanes of at least 4 members (excludes halogenated alkanes) is 2. The maximum Gasteiger partial charge on any atom is 0.303 e. The fourth-order valence-electron chi connectivity index (χ4n) is 3.48. The first-order valence-electron chi connectivity index (χ1n) is 10.2. The van der Waals surface area contributed by atoms with Gasteiger partial charge in [0.15, 0.2) is 5.71 Å². The highest BCUT2D eigenvalue weighted by Crippen LogP contribution is 2.24. The second-order valence-electron chi connectivity index (χ2n) is 7.46. The Morgan fingerprint density at radius 1 is 1.22 bits per heavy atom. The van der Waals surface area contributed by atoms with Gasteiger partial charge >= 0.3 is 5.97 Å². The van der Waals surface area contributed by atoms with E-state index in [2.05, 4.69) is 25.8 Å². The van der Waals surface area contributed by atoms with Crippen molar-refractivity contribution in [3.63, 3.8) is 0 Å². The van der Waals surface area contributed by atoms with E-state index in [4.69, 9.17) is 5.11 Å². The molecule has 0 saturated carbocycles. The van der Waals surface area contributed by atoms with Gasteiger partial charge in [0, 0.05) is 24.2 Å². The summed E-state index contributed by atoms with van der Waals surface area (Å²) in [5.74, 6) is -2.01. The van der Waals surface area contributed by atoms with E-state index in [9.17, 15) is 18.8 Å². The highest BCUT2D eigenvalue weighted by atomic mass is 19.1. The minimum Gasteiger partial charge on any atom is -0.481 e. The molecule has 2 heterocycles. The van der Waals surface area contributed by atoms with Gasteiger partial charge in [-0.2, -0.15) is 5.10 Å². The van der Waals surface area contributed by atoms with E-state index < -0.39 is 17.7 Å². The van der Waals surface area contributed by atoms with Crippen molar-refractivity contribution in [2.45, 2.75) is 39.5 Å². The fraction of sp³-hybridized carbons (Fsp3) is 0.318. The lowest BCUT2D eigenvalue weighted by atomic mass is 10.1. The minimum absolute atomic E-state index is 0.0116. The number of rotatable bonds is 9. The minimum atomic E-state index is -0.822. The van der Waals surface area contributed by atoms with E-state index in [-0.39, 0.29) is 18.0 Å². The van der Waals surface area contributed by atoms with Crippen LogP contribution in [-0.2, 0) is 9.59 Å². The van der Waals surface area contributed by atoms with E-state index in [1.165, 1.54) is 24.4 Å². The van der Waals surface area contributed by atoms with Gasteiger partial charge in [-0.3, -0.25) is 14.4 Å². The number of aromatic nitrogens is 1. The Bertz CT molecular complexity index is 1120. The highest BCUT2D eigenvalue weighted by Gasteiger charge is 2.26. The van der Waals surface area contributed by atoms with Crippen LogP contribution in [0.25, 0.3) is 0 Å². The van der Waals surface area contributed by atoms with Gasteiger partial charge in [-0.25, -0.2) is 4.39 Å². The number of carbonyl (C=O) groups excluding carboxylic acids is 2. The Morgan fingerprint density at radius 2 is 2.00 bits per heavy atom. The SMILES string of the molecule is Cc1[nH]c(/C=N/N=C2\C(=O)Nc3ccc(F)cc32)c(C)c1C(=O)NCCCCCC(=O)O. The molecule has 1 aromatic carbocycles. The van der Waals surface area contributed by atoms with Crippen LogP contribution >= 0.6 is 0 Å². The summed E-state index contributed by atoms with van der Waals surface area (Å²) in [6.45, 7) is 3.98. The first-order valence-corrected chi connectivity index (χ1v) is 10.2. The lowest BCUT2D eigenvalue weighted by Gasteiger charge is -2.05. The van der Waals surface area contributed by atoms with Gasteiger partial charge in [-0.05, 0) is 50.5 Å². The number of carboxylic acids is 1. The summed E-state index contributed by atoms with van der Waals surface area (Å²) in [5.41, 5.74) is 3.22. The molecule has 9 nitrogen and oxygen atoms in total. The molecular weight excluding hydrogens is 417 g/mol. The maximum atomic E-state index is 13.5. The van der Waals surface area contributed by atoms with Crippen LogP contribution < -0.4 is 10.6 Å². The zero-order valence-electron chi connectivity index (χ0n) is 17.8. The second kappa shape index (κ2) is 9.99. The molecule has 0 radical (unpaired) electrons. The summed E-state index contributed by atoms with van der Waals surface area (Å²) in [6.07, 6.45) is 3.52. The van der Waals surface area contributed by atoms with Gasteiger partial charge in [0.05, 0.1) is 23.2 Å². The van der Waals surface area contributed by atoms with Crippen molar-refractivity contribution in [2.24, 2.45) is 10.2 Å². The van der Waals surface area contributed by atoms with Crippen LogP contribution in [0.5, 0.6) is 0 Å². The molecule has 3 rings (SSSR count). The number of aryl methyl sites for hydroxylation is 1. The topological polar surface area (TPSA) is 136 Å². The number of halogens is 1. The number of fused-ring (bicyclic) bond motifs is 1. The number of aromatic amines is 1. The van der Waals surface area contributed by atoms with Gasteiger partial charge in [0.1, 0.15) is 5.82 Å². The number of hydrogen-bond acceptors (Lipinski definition) is 5. The molecule has 2 amide bonds. The Balaban J connectivity index is 1.65. The number of benzene rings is 1. The normalized spacial score (nSPS) is 14.1. The summed E-state index contributed by atoms with van der Waals surface area (Å²) in [4.78, 5) is 38.2. The van der Waals surface area contributed by atoms with Crippen molar-refractivity contribution >= 4 is 35.4 Å². The summed E-state index contributed by atoms with van der Waals surface area (Å²) in [7, 11) is 0. The number of aliphatic carboxylic acids is 1. The molecule has 0 fully saturated rings. The molecule has 168 valence electrons. The van der Waals surface area contributed by atoms with Crippen molar-refractivity contribution in [2.75, 3.05) is 11.9 Å². The average Bonchev–Trinajstić information content (AvgIpc) is 3.19. The number of hydrogen-bond donors (Lipinski definition) is 4. The molecule has 0 unspecified atom stereocenters. The van der Waals surface area contributed by atoms with Crippen molar-refractivity contribution in [1.29, 1.82) is 0 Å². The smallest absolute Gasteiger partial charge is 0.303 e. The molecule has 0 bridgehead atoms. The van der Waals surface area contributed by atoms with Crippen LogP contribution in [0.3, 0.4) is 0 Å². The van der Waals surface area contributed by atoms with E-state index in [1.807, 2.05) is 0 Å². The lowest BCUT2D eigenvalue weighted by molar-refractivity contribution is -0.137. The molecule has 0 aliphatic carbocycles. The van der Waals surface area contributed by atoms with Crippen molar-refractivity contribution in [1.82, 2.24) is 10.3 Å². The Labute approximate surface area is 183 Å². The van der Waals surface area contributed by atoms with Crippen LogP contribution in [-0.4, -0.2) is 46.3 Å². The predicted octanol–water partition coefficient (Wildman–Crippen LogP) is 2.92. The molecule has 10 heteroatoms. The third kappa shape index (κ3) is 5.26. The highest BCUT2D eigenvalue weighted by molar-refractivity contribution is 6.53. The number of nitrogens with one attached hydrogen (secondary N) is 3. The van der Waals surface area contributed by atoms with E-state index in [0.717, 1.165) is 6.42 Å². The van der Waals surface area contributed by atoms with Gasteiger partial charge in [0.2, 0.25) is 0 Å². The van der Waals surface area contributed by atoms with Gasteiger partial charge < -0.3 is 20.7 Å². The number of nitrogens with zero attached hydrogens (tertiary/aromatic N) is 2. The quantitative estimate of drug-likeness (QED) is 0.270. The molecule has 1 aliphatic rings. The fourth-order valence-corrected chi connectivity index (χ4v) is 3.48. The first kappa shape index (κ1) is 22.9. The monoisotopic (exact) mass is 441 g/mol. The predicted molar refractivity (Wildman–Crippen MR) is 118 cm³/mol. The Hall–Kier alpha value is -3.82. The van der Waals surface area contributed by atoms with Crippen molar-refractivity contribution < 1.29 is 23.9 Å². The van der Waals surface area contributed by atoms with Gasteiger partial charge in [-0.15, -0.1) is 5.10 Å². The van der Waals surface area contributed by atoms with E-state index >= 15 is 0 Å². The van der Waals surface area contributed by atoms with Crippen LogP contribution in [0.15, 0.2) is 28.4 Å². The first-order chi connectivity index (χ1) is 15.3. The summed E-state index contributed by atoms with van der Waals surface area (Å²) >= 11 is 0. The summed E-state index contributed by atoms with van der Waals surface area (Å²) in [5, 5.41) is 22.0. The summed E-state index contributed by atoms with van der Waals surface area (Å²) < 4.78 is 13.5. The van der Waals surface area contributed by atoms with Crippen molar-refractivity contribution in [3.05, 3.63) is 52.1 Å². The van der Waals surface area contributed by atoms with E-state index in [0.29, 0.717) is 53.2 Å². The van der Waals surface area contributed by atoms with Crippen LogP contribution in [0, 0.1) is 19.7 Å². The number of carbonyl (C=O) groups is 3. The number of amides is 2. The third-order valence-corrected chi connectivity index (χ3v) is 5.10. The zero-order valence-corrected chi connectivity index (χ0v) is 17.8. The number of H-pyrrole nitrogens is 1.